The SMILES string of the molecule is NCCNc1cnc(-c2ccccc2)nc1-c1ccccc1. The molecule has 0 aliphatic heterocycles. The van der Waals surface area contributed by atoms with Gasteiger partial charge in [0.1, 0.15) is 0 Å². The third-order valence-electron chi connectivity index (χ3n) is 3.33. The number of aromatic nitrogens is 2. The van der Waals surface area contributed by atoms with Crippen molar-refractivity contribution in [3.8, 4) is 22.6 Å². The Hall–Kier alpha value is -2.72. The molecule has 0 radical (unpaired) electrons. The minimum Gasteiger partial charge on any atom is -0.381 e. The van der Waals surface area contributed by atoms with Gasteiger partial charge in [-0.15, -0.1) is 0 Å². The summed E-state index contributed by atoms with van der Waals surface area (Å²) < 4.78 is 0. The van der Waals surface area contributed by atoms with Gasteiger partial charge < -0.3 is 11.1 Å². The van der Waals surface area contributed by atoms with Gasteiger partial charge in [-0.05, 0) is 0 Å². The van der Waals surface area contributed by atoms with E-state index in [0.717, 1.165) is 28.3 Å². The molecule has 4 heteroatoms. The van der Waals surface area contributed by atoms with Crippen LogP contribution in [-0.2, 0) is 0 Å². The number of nitrogens with one attached hydrogen (secondary N) is 1. The van der Waals surface area contributed by atoms with Gasteiger partial charge in [-0.2, -0.15) is 0 Å². The molecule has 22 heavy (non-hydrogen) atoms. The molecule has 3 aromatic rings. The molecule has 0 spiro atoms. The van der Waals surface area contributed by atoms with Crippen molar-refractivity contribution in [2.45, 2.75) is 0 Å². The van der Waals surface area contributed by atoms with Crippen molar-refractivity contribution in [3.05, 3.63) is 66.9 Å². The molecule has 110 valence electrons. The molecule has 2 aromatic carbocycles. The van der Waals surface area contributed by atoms with Crippen LogP contribution in [0.25, 0.3) is 22.6 Å². The summed E-state index contributed by atoms with van der Waals surface area (Å²) in [6.07, 6.45) is 1.83. The zero-order valence-electron chi connectivity index (χ0n) is 12.2. The number of hydrogen-bond acceptors (Lipinski definition) is 4. The summed E-state index contributed by atoms with van der Waals surface area (Å²) in [6, 6.07) is 20.1. The van der Waals surface area contributed by atoms with Crippen LogP contribution in [0.2, 0.25) is 0 Å². The maximum absolute atomic E-state index is 5.58. The van der Waals surface area contributed by atoms with Crippen molar-refractivity contribution < 1.29 is 0 Å². The highest BCUT2D eigenvalue weighted by Gasteiger charge is 2.10. The summed E-state index contributed by atoms with van der Waals surface area (Å²) in [4.78, 5) is 9.23. The van der Waals surface area contributed by atoms with Crippen LogP contribution in [0.15, 0.2) is 66.9 Å². The Balaban J connectivity index is 2.06. The number of hydrogen-bond donors (Lipinski definition) is 2. The fourth-order valence-electron chi connectivity index (χ4n) is 2.26. The highest BCUT2D eigenvalue weighted by molar-refractivity contribution is 5.75. The van der Waals surface area contributed by atoms with Crippen LogP contribution in [0.5, 0.6) is 0 Å². The Bertz CT molecular complexity index is 727. The largest absolute Gasteiger partial charge is 0.381 e. The highest BCUT2D eigenvalue weighted by Crippen LogP contribution is 2.27. The van der Waals surface area contributed by atoms with Crippen molar-refractivity contribution in [1.82, 2.24) is 9.97 Å². The lowest BCUT2D eigenvalue weighted by atomic mass is 10.1. The van der Waals surface area contributed by atoms with Gasteiger partial charge in [-0.3, -0.25) is 0 Å². The second-order valence-corrected chi connectivity index (χ2v) is 4.90. The lowest BCUT2D eigenvalue weighted by molar-refractivity contribution is 1.02. The smallest absolute Gasteiger partial charge is 0.159 e. The van der Waals surface area contributed by atoms with Gasteiger partial charge in [-0.1, -0.05) is 60.7 Å². The lowest BCUT2D eigenvalue weighted by Crippen LogP contribution is -2.14. The van der Waals surface area contributed by atoms with Crippen molar-refractivity contribution in [2.75, 3.05) is 18.4 Å². The second-order valence-electron chi connectivity index (χ2n) is 4.90. The zero-order valence-corrected chi connectivity index (χ0v) is 12.2. The van der Waals surface area contributed by atoms with E-state index in [4.69, 9.17) is 10.7 Å². The minimum absolute atomic E-state index is 0.564. The van der Waals surface area contributed by atoms with Gasteiger partial charge in [0.25, 0.3) is 0 Å². The average molecular weight is 290 g/mol. The Morgan fingerprint density at radius 3 is 2.14 bits per heavy atom. The van der Waals surface area contributed by atoms with Crippen LogP contribution in [-0.4, -0.2) is 23.1 Å². The van der Waals surface area contributed by atoms with Crippen LogP contribution in [0, 0.1) is 0 Å². The monoisotopic (exact) mass is 290 g/mol. The molecule has 0 saturated heterocycles. The molecule has 0 amide bonds. The number of rotatable bonds is 5. The van der Waals surface area contributed by atoms with Crippen molar-refractivity contribution in [3.63, 3.8) is 0 Å². The molecule has 0 aliphatic rings. The van der Waals surface area contributed by atoms with E-state index in [1.54, 1.807) is 0 Å². The van der Waals surface area contributed by atoms with E-state index in [-0.39, 0.29) is 0 Å². The highest BCUT2D eigenvalue weighted by atomic mass is 15.0. The predicted molar refractivity (Wildman–Crippen MR) is 90.4 cm³/mol. The molecule has 4 nitrogen and oxygen atoms in total. The Morgan fingerprint density at radius 1 is 0.864 bits per heavy atom. The molecule has 3 rings (SSSR count). The third-order valence-corrected chi connectivity index (χ3v) is 3.33. The molecule has 0 saturated carbocycles. The molecular weight excluding hydrogens is 272 g/mol. The summed E-state index contributed by atoms with van der Waals surface area (Å²) in [6.45, 7) is 1.25. The Morgan fingerprint density at radius 2 is 1.50 bits per heavy atom. The van der Waals surface area contributed by atoms with E-state index in [9.17, 15) is 0 Å². The minimum atomic E-state index is 0.564. The number of anilines is 1. The summed E-state index contributed by atoms with van der Waals surface area (Å²) in [7, 11) is 0. The van der Waals surface area contributed by atoms with Gasteiger partial charge in [0.2, 0.25) is 0 Å². The van der Waals surface area contributed by atoms with Crippen LogP contribution in [0.3, 0.4) is 0 Å². The topological polar surface area (TPSA) is 63.8 Å². The predicted octanol–water partition coefficient (Wildman–Crippen LogP) is 3.18. The van der Waals surface area contributed by atoms with E-state index in [2.05, 4.69) is 10.3 Å². The fraction of sp³-hybridized carbons (Fsp3) is 0.111. The summed E-state index contributed by atoms with van der Waals surface area (Å²) in [5.41, 5.74) is 9.44. The molecule has 0 fully saturated rings. The number of nitrogens with two attached hydrogens (primary N) is 1. The van der Waals surface area contributed by atoms with Crippen molar-refractivity contribution in [1.29, 1.82) is 0 Å². The Labute approximate surface area is 130 Å². The average Bonchev–Trinajstić information content (AvgIpc) is 2.61. The van der Waals surface area contributed by atoms with Gasteiger partial charge >= 0.3 is 0 Å². The maximum atomic E-state index is 5.58. The quantitative estimate of drug-likeness (QED) is 0.757. The summed E-state index contributed by atoms with van der Waals surface area (Å²) >= 11 is 0. The second kappa shape index (κ2) is 6.83. The van der Waals surface area contributed by atoms with Crippen molar-refractivity contribution >= 4 is 5.69 Å². The van der Waals surface area contributed by atoms with Gasteiger partial charge in [0.15, 0.2) is 5.82 Å². The first-order valence-electron chi connectivity index (χ1n) is 7.30. The normalized spacial score (nSPS) is 10.4. The van der Waals surface area contributed by atoms with Crippen LogP contribution in [0.1, 0.15) is 0 Å². The summed E-state index contributed by atoms with van der Waals surface area (Å²) in [5, 5.41) is 3.29. The maximum Gasteiger partial charge on any atom is 0.159 e. The summed E-state index contributed by atoms with van der Waals surface area (Å²) in [5.74, 6) is 0.720. The van der Waals surface area contributed by atoms with Crippen molar-refractivity contribution in [2.24, 2.45) is 5.73 Å². The standard InChI is InChI=1S/C18H18N4/c19-11-12-20-16-13-21-18(15-9-5-2-6-10-15)22-17(16)14-7-3-1-4-8-14/h1-10,13,20H,11-12,19H2. The first kappa shape index (κ1) is 14.2. The van der Waals surface area contributed by atoms with E-state index in [0.29, 0.717) is 13.1 Å². The van der Waals surface area contributed by atoms with Gasteiger partial charge in [0, 0.05) is 24.2 Å². The lowest BCUT2D eigenvalue weighted by Gasteiger charge is -2.12. The molecule has 0 atom stereocenters. The molecule has 0 bridgehead atoms. The Kier molecular flexibility index (Phi) is 4.41. The third kappa shape index (κ3) is 3.13. The molecule has 3 N–H and O–H groups in total. The first-order valence-corrected chi connectivity index (χ1v) is 7.30. The van der Waals surface area contributed by atoms with Crippen LogP contribution >= 0.6 is 0 Å². The molecule has 1 heterocycles. The fourth-order valence-corrected chi connectivity index (χ4v) is 2.26. The molecule has 0 aliphatic carbocycles. The van der Waals surface area contributed by atoms with Gasteiger partial charge in [-0.25, -0.2) is 9.97 Å². The van der Waals surface area contributed by atoms with E-state index < -0.39 is 0 Å². The number of benzene rings is 2. The number of nitrogens with zero attached hydrogens (tertiary/aromatic N) is 2. The van der Waals surface area contributed by atoms with E-state index in [1.807, 2.05) is 66.9 Å². The van der Waals surface area contributed by atoms with E-state index in [1.165, 1.54) is 0 Å². The first-order chi connectivity index (χ1) is 10.9. The van der Waals surface area contributed by atoms with E-state index >= 15 is 0 Å². The van der Waals surface area contributed by atoms with Crippen LogP contribution in [0.4, 0.5) is 5.69 Å². The molecule has 0 unspecified atom stereocenters. The molecule has 1 aromatic heterocycles. The van der Waals surface area contributed by atoms with Crippen LogP contribution < -0.4 is 11.1 Å². The van der Waals surface area contributed by atoms with Gasteiger partial charge in [0.05, 0.1) is 17.6 Å². The molecular formula is C18H18N4. The zero-order chi connectivity index (χ0) is 15.2.